The lowest BCUT2D eigenvalue weighted by Crippen LogP contribution is -1.68. The number of hydrogen-bond acceptors (Lipinski definition) is 5. The van der Waals surface area contributed by atoms with Gasteiger partial charge in [-0.1, -0.05) is 24.3 Å². The molecule has 90 valence electrons. The zero-order valence-corrected chi connectivity index (χ0v) is 9.30. The Morgan fingerprint density at radius 2 is 1.17 bits per heavy atom. The second-order valence-electron chi connectivity index (χ2n) is 3.37. The van der Waals surface area contributed by atoms with Gasteiger partial charge in [-0.15, -0.1) is 15.3 Å². The number of phenols is 1. The molecule has 0 fully saturated rings. The quantitative estimate of drug-likeness (QED) is 0.621. The molecule has 0 aliphatic heterocycles. The van der Waals surface area contributed by atoms with Gasteiger partial charge >= 0.3 is 0 Å². The summed E-state index contributed by atoms with van der Waals surface area (Å²) < 4.78 is 0. The van der Waals surface area contributed by atoms with Crippen LogP contribution in [0.5, 0.6) is 5.75 Å². The van der Waals surface area contributed by atoms with Crippen molar-refractivity contribution in [1.29, 1.82) is 0 Å². The SMILES string of the molecule is O/N=N/c1ccccc1/N=N/c1ccccc1O. The first-order chi connectivity index (χ1) is 8.81. The van der Waals surface area contributed by atoms with Crippen molar-refractivity contribution in [2.45, 2.75) is 0 Å². The van der Waals surface area contributed by atoms with Crippen LogP contribution >= 0.6 is 0 Å². The molecule has 2 aromatic carbocycles. The minimum atomic E-state index is 0.0440. The van der Waals surface area contributed by atoms with Crippen molar-refractivity contribution in [2.24, 2.45) is 20.6 Å². The van der Waals surface area contributed by atoms with Gasteiger partial charge in [0.2, 0.25) is 0 Å². The molecule has 0 heterocycles. The Hall–Kier alpha value is -2.76. The molecule has 18 heavy (non-hydrogen) atoms. The highest BCUT2D eigenvalue weighted by Gasteiger charge is 2.00. The molecular formula is C12H10N4O2. The third kappa shape index (κ3) is 2.67. The Kier molecular flexibility index (Phi) is 3.60. The average molecular weight is 242 g/mol. The van der Waals surface area contributed by atoms with Gasteiger partial charge in [-0.05, 0) is 24.3 Å². The highest BCUT2D eigenvalue weighted by molar-refractivity contribution is 5.61. The predicted octanol–water partition coefficient (Wildman–Crippen LogP) is 4.28. The maximum absolute atomic E-state index is 9.53. The average Bonchev–Trinajstić information content (AvgIpc) is 2.40. The highest BCUT2D eigenvalue weighted by atomic mass is 16.5. The van der Waals surface area contributed by atoms with E-state index in [-0.39, 0.29) is 5.75 Å². The maximum atomic E-state index is 9.53. The Labute approximate surface area is 103 Å². The van der Waals surface area contributed by atoms with Crippen molar-refractivity contribution in [3.05, 3.63) is 48.5 Å². The van der Waals surface area contributed by atoms with E-state index in [2.05, 4.69) is 20.6 Å². The molecule has 0 spiro atoms. The summed E-state index contributed by atoms with van der Waals surface area (Å²) in [5, 5.41) is 32.0. The number of aromatic hydroxyl groups is 1. The van der Waals surface area contributed by atoms with Crippen LogP contribution in [-0.2, 0) is 0 Å². The lowest BCUT2D eigenvalue weighted by molar-refractivity contribution is 0.289. The summed E-state index contributed by atoms with van der Waals surface area (Å²) in [5.74, 6) is 0.0440. The maximum Gasteiger partial charge on any atom is 0.143 e. The van der Waals surface area contributed by atoms with Gasteiger partial charge < -0.3 is 10.3 Å². The van der Waals surface area contributed by atoms with Gasteiger partial charge in [0.15, 0.2) is 0 Å². The second kappa shape index (κ2) is 5.53. The van der Waals surface area contributed by atoms with Crippen molar-refractivity contribution in [1.82, 2.24) is 0 Å². The molecule has 2 N–H and O–H groups in total. The second-order valence-corrected chi connectivity index (χ2v) is 3.37. The summed E-state index contributed by atoms with van der Waals surface area (Å²) in [6.07, 6.45) is 0. The van der Waals surface area contributed by atoms with Crippen molar-refractivity contribution in [3.63, 3.8) is 0 Å². The molecule has 0 bridgehead atoms. The molecule has 0 aromatic heterocycles. The van der Waals surface area contributed by atoms with E-state index in [1.807, 2.05) is 0 Å². The summed E-state index contributed by atoms with van der Waals surface area (Å²) in [5.41, 5.74) is 1.19. The van der Waals surface area contributed by atoms with Crippen molar-refractivity contribution in [2.75, 3.05) is 0 Å². The minimum Gasteiger partial charge on any atom is -0.506 e. The largest absolute Gasteiger partial charge is 0.506 e. The van der Waals surface area contributed by atoms with Crippen LogP contribution in [0.25, 0.3) is 0 Å². The van der Waals surface area contributed by atoms with E-state index in [0.29, 0.717) is 17.1 Å². The van der Waals surface area contributed by atoms with Gasteiger partial charge in [0.25, 0.3) is 0 Å². The van der Waals surface area contributed by atoms with E-state index in [1.165, 1.54) is 6.07 Å². The van der Waals surface area contributed by atoms with Crippen LogP contribution in [0.3, 0.4) is 0 Å². The van der Waals surface area contributed by atoms with Crippen LogP contribution in [0.4, 0.5) is 17.1 Å². The Bertz CT molecular complexity index is 596. The van der Waals surface area contributed by atoms with Crippen molar-refractivity contribution in [3.8, 4) is 5.75 Å². The van der Waals surface area contributed by atoms with E-state index >= 15 is 0 Å². The number of hydrogen-bond donors (Lipinski definition) is 2. The highest BCUT2D eigenvalue weighted by Crippen LogP contribution is 2.31. The summed E-state index contributed by atoms with van der Waals surface area (Å²) >= 11 is 0. The molecule has 2 rings (SSSR count). The summed E-state index contributed by atoms with van der Waals surface area (Å²) in [6, 6.07) is 13.4. The molecule has 0 aliphatic carbocycles. The van der Waals surface area contributed by atoms with Crippen LogP contribution < -0.4 is 0 Å². The van der Waals surface area contributed by atoms with Crippen molar-refractivity contribution < 1.29 is 10.3 Å². The number of rotatable bonds is 3. The number of azo groups is 1. The molecule has 0 atom stereocenters. The van der Waals surface area contributed by atoms with Crippen LogP contribution in [0.15, 0.2) is 69.2 Å². The Morgan fingerprint density at radius 1 is 0.667 bits per heavy atom. The Balaban J connectivity index is 2.32. The number of para-hydroxylation sites is 1. The molecule has 2 aromatic rings. The van der Waals surface area contributed by atoms with E-state index in [4.69, 9.17) is 5.21 Å². The molecule has 0 unspecified atom stereocenters. The summed E-state index contributed by atoms with van der Waals surface area (Å²) in [7, 11) is 0. The molecule has 0 saturated carbocycles. The lowest BCUT2D eigenvalue weighted by atomic mass is 10.3. The molecular weight excluding hydrogens is 232 g/mol. The molecule has 0 amide bonds. The first kappa shape index (κ1) is 11.7. The fourth-order valence-corrected chi connectivity index (χ4v) is 1.34. The first-order valence-corrected chi connectivity index (χ1v) is 5.15. The third-order valence-corrected chi connectivity index (χ3v) is 2.18. The first-order valence-electron chi connectivity index (χ1n) is 5.15. The number of nitrogens with zero attached hydrogens (tertiary/aromatic N) is 4. The zero-order chi connectivity index (χ0) is 12.8. The number of benzene rings is 2. The van der Waals surface area contributed by atoms with Gasteiger partial charge in [-0.25, -0.2) is 0 Å². The fraction of sp³-hybridized carbons (Fsp3) is 0. The Morgan fingerprint density at radius 3 is 1.78 bits per heavy atom. The smallest absolute Gasteiger partial charge is 0.143 e. The van der Waals surface area contributed by atoms with Gasteiger partial charge in [0.05, 0.1) is 0 Å². The van der Waals surface area contributed by atoms with E-state index in [0.717, 1.165) is 0 Å². The normalized spacial score (nSPS) is 11.3. The standard InChI is InChI=1S/C12H10N4O2/c17-12-8-4-3-7-11(12)14-13-9-5-1-2-6-10(9)15-16-18/h1-8,17H,(H,15,18)/b14-13+. The van der Waals surface area contributed by atoms with Gasteiger partial charge in [0, 0.05) is 5.28 Å². The topological polar surface area (TPSA) is 89.9 Å². The van der Waals surface area contributed by atoms with Gasteiger partial charge in [-0.3, -0.25) is 0 Å². The van der Waals surface area contributed by atoms with Crippen LogP contribution in [0.1, 0.15) is 0 Å². The summed E-state index contributed by atoms with van der Waals surface area (Å²) in [6.45, 7) is 0. The summed E-state index contributed by atoms with van der Waals surface area (Å²) in [4.78, 5) is 0. The lowest BCUT2D eigenvalue weighted by Gasteiger charge is -1.98. The molecule has 6 heteroatoms. The molecule has 0 aliphatic rings. The molecule has 6 nitrogen and oxygen atoms in total. The number of phenolic OH excluding ortho intramolecular Hbond substituents is 1. The van der Waals surface area contributed by atoms with Gasteiger partial charge in [-0.2, -0.15) is 0 Å². The van der Waals surface area contributed by atoms with Crippen molar-refractivity contribution >= 4 is 17.1 Å². The predicted molar refractivity (Wildman–Crippen MR) is 65.0 cm³/mol. The van der Waals surface area contributed by atoms with E-state index in [1.54, 1.807) is 42.5 Å². The zero-order valence-electron chi connectivity index (χ0n) is 9.30. The monoisotopic (exact) mass is 242 g/mol. The van der Waals surface area contributed by atoms with E-state index < -0.39 is 0 Å². The molecule has 0 saturated heterocycles. The molecule has 0 radical (unpaired) electrons. The van der Waals surface area contributed by atoms with Crippen LogP contribution in [-0.4, -0.2) is 10.3 Å². The minimum absolute atomic E-state index is 0.0440. The van der Waals surface area contributed by atoms with Gasteiger partial charge in [0.1, 0.15) is 22.8 Å². The van der Waals surface area contributed by atoms with Crippen LogP contribution in [0, 0.1) is 0 Å². The third-order valence-electron chi connectivity index (χ3n) is 2.18. The van der Waals surface area contributed by atoms with E-state index in [9.17, 15) is 5.11 Å². The van der Waals surface area contributed by atoms with Crippen LogP contribution in [0.2, 0.25) is 0 Å². The fourth-order valence-electron chi connectivity index (χ4n) is 1.34.